The minimum absolute atomic E-state index is 0.0376. The number of ketones is 2. The van der Waals surface area contributed by atoms with Crippen molar-refractivity contribution in [3.05, 3.63) is 29.8 Å². The van der Waals surface area contributed by atoms with Crippen molar-refractivity contribution in [1.82, 2.24) is 26.2 Å². The summed E-state index contributed by atoms with van der Waals surface area (Å²) in [7, 11) is 0. The molecule has 0 aliphatic carbocycles. The topological polar surface area (TPSA) is 163 Å². The predicted octanol–water partition coefficient (Wildman–Crippen LogP) is 13.7. The molecule has 0 aliphatic rings. The zero-order valence-electron chi connectivity index (χ0n) is 50.9. The van der Waals surface area contributed by atoms with Gasteiger partial charge in [0.2, 0.25) is 23.6 Å². The van der Waals surface area contributed by atoms with Gasteiger partial charge in [0.05, 0.1) is 0 Å². The van der Waals surface area contributed by atoms with Crippen LogP contribution in [0.5, 0.6) is 5.75 Å². The molecule has 0 radical (unpaired) electrons. The van der Waals surface area contributed by atoms with Gasteiger partial charge >= 0.3 is 0 Å². The van der Waals surface area contributed by atoms with Crippen LogP contribution in [0, 0.1) is 35.5 Å². The summed E-state index contributed by atoms with van der Waals surface area (Å²) >= 11 is 0. The van der Waals surface area contributed by atoms with E-state index < -0.39 is 0 Å². The number of unbranched alkanes of at least 4 members (excludes halogenated alkanes) is 12. The lowest BCUT2D eigenvalue weighted by molar-refractivity contribution is -0.125. The first kappa shape index (κ1) is 71.2. The lowest BCUT2D eigenvalue weighted by Gasteiger charge is -2.23. The van der Waals surface area contributed by atoms with E-state index >= 15 is 0 Å². The van der Waals surface area contributed by atoms with Crippen LogP contribution in [0.4, 0.5) is 0 Å². The Kier molecular flexibility index (Phi) is 43.5. The number of nitrogens with one attached hydrogen (secondary N) is 4. The van der Waals surface area contributed by atoms with Crippen molar-refractivity contribution < 1.29 is 33.5 Å². The minimum Gasteiger partial charge on any atom is -0.492 e. The number of carbonyl (C=O) groups excluding carboxylic acids is 6. The molecule has 0 unspecified atom stereocenters. The first-order chi connectivity index (χ1) is 37.1. The fourth-order valence-corrected chi connectivity index (χ4v) is 9.85. The number of nitrogens with zero attached hydrogens (tertiary/aromatic N) is 1. The number of ether oxygens (including phenoxy) is 1. The Morgan fingerprint density at radius 2 is 0.727 bits per heavy atom. The zero-order chi connectivity index (χ0) is 56.9. The molecule has 0 spiro atoms. The van der Waals surface area contributed by atoms with Gasteiger partial charge in [0.1, 0.15) is 23.9 Å². The van der Waals surface area contributed by atoms with E-state index in [0.717, 1.165) is 173 Å². The highest BCUT2D eigenvalue weighted by Crippen LogP contribution is 2.19. The highest BCUT2D eigenvalue weighted by Gasteiger charge is 2.18. The summed E-state index contributed by atoms with van der Waals surface area (Å²) in [4.78, 5) is 78.7. The minimum atomic E-state index is -0.0844. The van der Waals surface area contributed by atoms with Crippen LogP contribution in [0.15, 0.2) is 24.3 Å². The summed E-state index contributed by atoms with van der Waals surface area (Å²) < 4.78 is 6.18. The van der Waals surface area contributed by atoms with Gasteiger partial charge < -0.3 is 26.0 Å². The normalized spacial score (nSPS) is 13.8. The maximum absolute atomic E-state index is 13.0. The van der Waals surface area contributed by atoms with E-state index in [-0.39, 0.29) is 59.1 Å². The molecule has 0 bridgehead atoms. The molecule has 12 heteroatoms. The van der Waals surface area contributed by atoms with E-state index in [4.69, 9.17) is 4.74 Å². The van der Waals surface area contributed by atoms with Crippen molar-refractivity contribution in [2.24, 2.45) is 35.5 Å². The summed E-state index contributed by atoms with van der Waals surface area (Å²) in [5.74, 6) is 1.98. The quantitative estimate of drug-likeness (QED) is 0.0469. The van der Waals surface area contributed by atoms with Crippen LogP contribution in [-0.4, -0.2) is 92.5 Å². The molecular formula is C65H117N5O7. The number of amides is 4. The van der Waals surface area contributed by atoms with Crippen LogP contribution in [-0.2, 0) is 35.2 Å². The Bertz CT molecular complexity index is 1600. The van der Waals surface area contributed by atoms with Gasteiger partial charge in [0.15, 0.2) is 0 Å². The number of hydrogen-bond acceptors (Lipinski definition) is 8. The largest absolute Gasteiger partial charge is 0.492 e. The number of aryl methyl sites for hydroxylation is 1. The third-order valence-electron chi connectivity index (χ3n) is 15.8. The SMILES string of the molecule is CCCCCc1ccc(OCCN(CCCNC(=O)[C@@H](C)CCCCCC(=O)[C@@H](C)CCCCNC(=O)[C@@H](C)CCCCC)CCCNC(=O)[C@@H](C)CCCCCC(=O)[C@@H](C)CCCCNC(=O)[C@@H](C)CCCCC)cc1. The number of rotatable bonds is 52. The van der Waals surface area contributed by atoms with Gasteiger partial charge in [-0.3, -0.25) is 33.7 Å². The summed E-state index contributed by atoms with van der Waals surface area (Å²) in [6.45, 7) is 24.1. The lowest BCUT2D eigenvalue weighted by Crippen LogP contribution is -2.36. The van der Waals surface area contributed by atoms with Crippen molar-refractivity contribution in [1.29, 1.82) is 0 Å². The van der Waals surface area contributed by atoms with Gasteiger partial charge in [-0.05, 0) is 121 Å². The van der Waals surface area contributed by atoms with Crippen LogP contribution in [0.25, 0.3) is 0 Å². The third kappa shape index (κ3) is 37.7. The van der Waals surface area contributed by atoms with E-state index in [1.807, 2.05) is 41.5 Å². The fraction of sp³-hybridized carbons (Fsp3) is 0.815. The van der Waals surface area contributed by atoms with Crippen molar-refractivity contribution in [3.63, 3.8) is 0 Å². The van der Waals surface area contributed by atoms with E-state index in [1.54, 1.807) is 0 Å². The molecule has 0 aromatic heterocycles. The molecular weight excluding hydrogens is 963 g/mol. The average Bonchev–Trinajstić information content (AvgIpc) is 3.42. The van der Waals surface area contributed by atoms with Gasteiger partial charge in [-0.1, -0.05) is 164 Å². The van der Waals surface area contributed by atoms with Crippen LogP contribution >= 0.6 is 0 Å². The molecule has 1 rings (SSSR count). The monoisotopic (exact) mass is 1080 g/mol. The molecule has 77 heavy (non-hydrogen) atoms. The summed E-state index contributed by atoms with van der Waals surface area (Å²) in [6, 6.07) is 8.46. The molecule has 4 N–H and O–H groups in total. The average molecular weight is 1080 g/mol. The molecule has 4 amide bonds. The second-order valence-electron chi connectivity index (χ2n) is 23.2. The van der Waals surface area contributed by atoms with Gasteiger partial charge in [-0.25, -0.2) is 0 Å². The van der Waals surface area contributed by atoms with E-state index in [9.17, 15) is 28.8 Å². The molecule has 6 atom stereocenters. The first-order valence-electron chi connectivity index (χ1n) is 31.7. The van der Waals surface area contributed by atoms with Crippen molar-refractivity contribution in [3.8, 4) is 5.75 Å². The zero-order valence-corrected chi connectivity index (χ0v) is 50.9. The fourth-order valence-electron chi connectivity index (χ4n) is 9.85. The number of hydrogen-bond donors (Lipinski definition) is 4. The second-order valence-corrected chi connectivity index (χ2v) is 23.2. The maximum Gasteiger partial charge on any atom is 0.222 e. The van der Waals surface area contributed by atoms with E-state index in [0.29, 0.717) is 57.2 Å². The Balaban J connectivity index is 2.41. The third-order valence-corrected chi connectivity index (χ3v) is 15.8. The molecule has 1 aromatic rings. The van der Waals surface area contributed by atoms with Crippen LogP contribution in [0.1, 0.15) is 254 Å². The van der Waals surface area contributed by atoms with E-state index in [2.05, 4.69) is 71.2 Å². The number of benzene rings is 1. The Hall–Kier alpha value is -3.80. The summed E-state index contributed by atoms with van der Waals surface area (Å²) in [6.07, 6.45) is 28.7. The predicted molar refractivity (Wildman–Crippen MR) is 320 cm³/mol. The van der Waals surface area contributed by atoms with Crippen LogP contribution < -0.4 is 26.0 Å². The Morgan fingerprint density at radius 1 is 0.390 bits per heavy atom. The van der Waals surface area contributed by atoms with Gasteiger partial charge in [0, 0.05) is 81.1 Å². The molecule has 1 aromatic carbocycles. The molecule has 0 heterocycles. The van der Waals surface area contributed by atoms with Crippen molar-refractivity contribution in [2.75, 3.05) is 52.4 Å². The van der Waals surface area contributed by atoms with Gasteiger partial charge in [-0.2, -0.15) is 0 Å². The number of carbonyl (C=O) groups is 6. The van der Waals surface area contributed by atoms with Crippen LogP contribution in [0.3, 0.4) is 0 Å². The maximum atomic E-state index is 13.0. The van der Waals surface area contributed by atoms with Gasteiger partial charge in [-0.15, -0.1) is 0 Å². The molecule has 0 saturated carbocycles. The number of Topliss-reactive ketones (excluding diaryl/α,β-unsaturated/α-hetero) is 2. The lowest BCUT2D eigenvalue weighted by atomic mass is 9.94. The molecule has 444 valence electrons. The summed E-state index contributed by atoms with van der Waals surface area (Å²) in [5.41, 5.74) is 1.34. The second kappa shape index (κ2) is 47.1. The molecule has 0 saturated heterocycles. The Labute approximate surface area is 471 Å². The van der Waals surface area contributed by atoms with Crippen molar-refractivity contribution >= 4 is 35.2 Å². The van der Waals surface area contributed by atoms with Crippen molar-refractivity contribution in [2.45, 2.75) is 255 Å². The Morgan fingerprint density at radius 3 is 1.12 bits per heavy atom. The highest BCUT2D eigenvalue weighted by molar-refractivity contribution is 5.81. The van der Waals surface area contributed by atoms with E-state index in [1.165, 1.54) is 37.7 Å². The standard InChI is InChI=1S/C65H117N5O7/c1-10-13-18-33-54(6)62(73)66-44-27-25-31-52(4)60(71)38-23-16-21-35-56(8)64(75)68-46-29-48-70(50-51-77-59-42-40-58(41-43-59)37-20-15-12-3)49-30-47-69-65(76)57(9)36-22-17-24-39-61(72)53(5)32-26-28-45-67-63(74)55(7)34-19-14-11-2/h40-43,52-57H,10-39,44-51H2,1-9H3,(H,66,73)(H,67,74)(H,68,75)(H,69,76)/t52-,53-,54-,55-,56-,57-/m0/s1. The van der Waals surface area contributed by atoms with Crippen LogP contribution in [0.2, 0.25) is 0 Å². The smallest absolute Gasteiger partial charge is 0.222 e. The highest BCUT2D eigenvalue weighted by atomic mass is 16.5. The first-order valence-corrected chi connectivity index (χ1v) is 31.7. The molecule has 0 fully saturated rings. The molecule has 12 nitrogen and oxygen atoms in total. The summed E-state index contributed by atoms with van der Waals surface area (Å²) in [5, 5.41) is 12.5. The van der Waals surface area contributed by atoms with Gasteiger partial charge in [0.25, 0.3) is 0 Å². The molecule has 0 aliphatic heterocycles.